The predicted octanol–water partition coefficient (Wildman–Crippen LogP) is 2.51. The molecular formula is C16H18N4O2. The summed E-state index contributed by atoms with van der Waals surface area (Å²) in [4.78, 5) is 11.8. The smallest absolute Gasteiger partial charge is 0.272 e. The highest BCUT2D eigenvalue weighted by Gasteiger charge is 2.24. The van der Waals surface area contributed by atoms with Crippen LogP contribution in [0.25, 0.3) is 0 Å². The van der Waals surface area contributed by atoms with Gasteiger partial charge in [0, 0.05) is 11.7 Å². The highest BCUT2D eigenvalue weighted by molar-refractivity contribution is 5.92. The molecule has 2 aromatic rings. The first kappa shape index (κ1) is 14.3. The van der Waals surface area contributed by atoms with Crippen molar-refractivity contribution in [2.24, 2.45) is 0 Å². The molecule has 1 fully saturated rings. The van der Waals surface area contributed by atoms with Gasteiger partial charge >= 0.3 is 0 Å². The van der Waals surface area contributed by atoms with Crippen LogP contribution in [0.1, 0.15) is 30.3 Å². The van der Waals surface area contributed by atoms with E-state index < -0.39 is 0 Å². The minimum atomic E-state index is -0.164. The Kier molecular flexibility index (Phi) is 4.18. The summed E-state index contributed by atoms with van der Waals surface area (Å²) in [6, 6.07) is 11.3. The van der Waals surface area contributed by atoms with Crippen LogP contribution < -0.4 is 15.4 Å². The summed E-state index contributed by atoms with van der Waals surface area (Å²) in [6.07, 6.45) is 2.10. The van der Waals surface area contributed by atoms with Gasteiger partial charge in [0.2, 0.25) is 0 Å². The van der Waals surface area contributed by atoms with E-state index in [1.165, 1.54) is 0 Å². The standard InChI is InChI=1S/C16H18N4O2/c1-2-22-13-7-5-11(6-8-13)17-15-10-9-14(19-20-15)16(21)18-12-3-4-12/h5-10,12H,2-4H2,1H3,(H,17,20)(H,18,21). The molecule has 1 aliphatic rings. The molecule has 1 aromatic carbocycles. The third-order valence-corrected chi connectivity index (χ3v) is 3.25. The van der Waals surface area contributed by atoms with Gasteiger partial charge in [-0.25, -0.2) is 0 Å². The van der Waals surface area contributed by atoms with Gasteiger partial charge in [-0.15, -0.1) is 10.2 Å². The van der Waals surface area contributed by atoms with Crippen molar-refractivity contribution in [2.45, 2.75) is 25.8 Å². The van der Waals surface area contributed by atoms with Gasteiger partial charge in [-0.05, 0) is 56.2 Å². The van der Waals surface area contributed by atoms with Crippen LogP contribution in [0.15, 0.2) is 36.4 Å². The molecule has 0 saturated heterocycles. The van der Waals surface area contributed by atoms with Crippen LogP contribution in [0.5, 0.6) is 5.75 Å². The van der Waals surface area contributed by atoms with Crippen LogP contribution in [-0.2, 0) is 0 Å². The molecule has 22 heavy (non-hydrogen) atoms. The number of aromatic nitrogens is 2. The van der Waals surface area contributed by atoms with E-state index in [1.807, 2.05) is 31.2 Å². The molecule has 1 aromatic heterocycles. The Labute approximate surface area is 128 Å². The molecule has 3 rings (SSSR count). The van der Waals surface area contributed by atoms with Crippen LogP contribution >= 0.6 is 0 Å². The third kappa shape index (κ3) is 3.72. The molecule has 1 heterocycles. The number of rotatable bonds is 6. The highest BCUT2D eigenvalue weighted by atomic mass is 16.5. The van der Waals surface area contributed by atoms with Crippen LogP contribution in [-0.4, -0.2) is 28.8 Å². The Morgan fingerprint density at radius 1 is 1.18 bits per heavy atom. The zero-order valence-corrected chi connectivity index (χ0v) is 12.4. The quantitative estimate of drug-likeness (QED) is 0.857. The summed E-state index contributed by atoms with van der Waals surface area (Å²) in [6.45, 7) is 2.59. The number of carbonyl (C=O) groups excluding carboxylic acids is 1. The Bertz CT molecular complexity index is 636. The topological polar surface area (TPSA) is 76.1 Å². The molecule has 0 spiro atoms. The lowest BCUT2D eigenvalue weighted by molar-refractivity contribution is 0.0945. The first-order valence-electron chi connectivity index (χ1n) is 7.39. The molecule has 2 N–H and O–H groups in total. The van der Waals surface area contributed by atoms with Gasteiger partial charge < -0.3 is 15.4 Å². The monoisotopic (exact) mass is 298 g/mol. The average Bonchev–Trinajstić information content (AvgIpc) is 3.34. The molecule has 1 saturated carbocycles. The molecular weight excluding hydrogens is 280 g/mol. The maximum absolute atomic E-state index is 11.8. The van der Waals surface area contributed by atoms with Gasteiger partial charge in [0.1, 0.15) is 5.75 Å². The summed E-state index contributed by atoms with van der Waals surface area (Å²) in [7, 11) is 0. The molecule has 1 aliphatic carbocycles. The maximum atomic E-state index is 11.8. The van der Waals surface area contributed by atoms with Gasteiger partial charge in [-0.3, -0.25) is 4.79 Å². The van der Waals surface area contributed by atoms with Gasteiger partial charge in [0.05, 0.1) is 6.61 Å². The zero-order valence-electron chi connectivity index (χ0n) is 12.4. The van der Waals surface area contributed by atoms with Crippen molar-refractivity contribution in [1.29, 1.82) is 0 Å². The van der Waals surface area contributed by atoms with E-state index in [0.717, 1.165) is 24.3 Å². The molecule has 0 aliphatic heterocycles. The van der Waals surface area contributed by atoms with Crippen molar-refractivity contribution in [3.05, 3.63) is 42.1 Å². The highest BCUT2D eigenvalue weighted by Crippen LogP contribution is 2.20. The fourth-order valence-electron chi connectivity index (χ4n) is 1.96. The van der Waals surface area contributed by atoms with E-state index in [0.29, 0.717) is 24.2 Å². The number of hydrogen-bond acceptors (Lipinski definition) is 5. The van der Waals surface area contributed by atoms with Gasteiger partial charge in [0.25, 0.3) is 5.91 Å². The Hall–Kier alpha value is -2.63. The lowest BCUT2D eigenvalue weighted by atomic mass is 10.3. The Morgan fingerprint density at radius 2 is 1.95 bits per heavy atom. The molecule has 0 atom stereocenters. The molecule has 0 radical (unpaired) electrons. The number of anilines is 2. The number of nitrogens with one attached hydrogen (secondary N) is 2. The molecule has 0 bridgehead atoms. The van der Waals surface area contributed by atoms with Gasteiger partial charge in [-0.1, -0.05) is 0 Å². The second-order valence-electron chi connectivity index (χ2n) is 5.13. The van der Waals surface area contributed by atoms with E-state index in [2.05, 4.69) is 20.8 Å². The molecule has 1 amide bonds. The first-order valence-corrected chi connectivity index (χ1v) is 7.39. The molecule has 6 nitrogen and oxygen atoms in total. The number of amides is 1. The number of benzene rings is 1. The van der Waals surface area contributed by atoms with E-state index in [4.69, 9.17) is 4.74 Å². The Morgan fingerprint density at radius 3 is 2.55 bits per heavy atom. The maximum Gasteiger partial charge on any atom is 0.272 e. The first-order chi connectivity index (χ1) is 10.7. The van der Waals surface area contributed by atoms with Crippen molar-refractivity contribution < 1.29 is 9.53 Å². The summed E-state index contributed by atoms with van der Waals surface area (Å²) in [5, 5.41) is 14.0. The van der Waals surface area contributed by atoms with Crippen LogP contribution in [0.2, 0.25) is 0 Å². The normalized spacial score (nSPS) is 13.5. The van der Waals surface area contributed by atoms with Gasteiger partial charge in [0.15, 0.2) is 11.5 Å². The van der Waals surface area contributed by atoms with Gasteiger partial charge in [-0.2, -0.15) is 0 Å². The molecule has 0 unspecified atom stereocenters. The summed E-state index contributed by atoms with van der Waals surface area (Å²) in [5.74, 6) is 1.25. The second kappa shape index (κ2) is 6.43. The fourth-order valence-corrected chi connectivity index (χ4v) is 1.96. The second-order valence-corrected chi connectivity index (χ2v) is 5.13. The van der Waals surface area contributed by atoms with Crippen LogP contribution in [0.4, 0.5) is 11.5 Å². The minimum absolute atomic E-state index is 0.164. The molecule has 114 valence electrons. The van der Waals surface area contributed by atoms with E-state index >= 15 is 0 Å². The van der Waals surface area contributed by atoms with Crippen molar-refractivity contribution in [2.75, 3.05) is 11.9 Å². The third-order valence-electron chi connectivity index (χ3n) is 3.25. The lowest BCUT2D eigenvalue weighted by Gasteiger charge is -2.07. The number of carbonyl (C=O) groups is 1. The summed E-state index contributed by atoms with van der Waals surface area (Å²) in [5.41, 5.74) is 1.22. The van der Waals surface area contributed by atoms with Crippen LogP contribution in [0, 0.1) is 0 Å². The number of hydrogen-bond donors (Lipinski definition) is 2. The lowest BCUT2D eigenvalue weighted by Crippen LogP contribution is -2.26. The van der Waals surface area contributed by atoms with E-state index in [9.17, 15) is 4.79 Å². The Balaban J connectivity index is 1.61. The fraction of sp³-hybridized carbons (Fsp3) is 0.312. The van der Waals surface area contributed by atoms with Crippen molar-refractivity contribution in [3.63, 3.8) is 0 Å². The predicted molar refractivity (Wildman–Crippen MR) is 83.4 cm³/mol. The summed E-state index contributed by atoms with van der Waals surface area (Å²) < 4.78 is 5.39. The van der Waals surface area contributed by atoms with Crippen LogP contribution in [0.3, 0.4) is 0 Å². The average molecular weight is 298 g/mol. The van der Waals surface area contributed by atoms with E-state index in [1.54, 1.807) is 12.1 Å². The van der Waals surface area contributed by atoms with E-state index in [-0.39, 0.29) is 5.91 Å². The molecule has 6 heteroatoms. The van der Waals surface area contributed by atoms with Crippen molar-refractivity contribution in [1.82, 2.24) is 15.5 Å². The number of ether oxygens (including phenoxy) is 1. The van der Waals surface area contributed by atoms with Crippen molar-refractivity contribution in [3.8, 4) is 5.75 Å². The largest absolute Gasteiger partial charge is 0.494 e. The van der Waals surface area contributed by atoms with Crippen molar-refractivity contribution >= 4 is 17.4 Å². The SMILES string of the molecule is CCOc1ccc(Nc2ccc(C(=O)NC3CC3)nn2)cc1. The zero-order chi connectivity index (χ0) is 15.4. The number of nitrogens with zero attached hydrogens (tertiary/aromatic N) is 2. The minimum Gasteiger partial charge on any atom is -0.494 e. The summed E-state index contributed by atoms with van der Waals surface area (Å²) >= 11 is 0.